The number of benzene rings is 1. The molecule has 1 aromatic rings. The normalized spacial score (nSPS) is 11.5. The van der Waals surface area contributed by atoms with Crippen molar-refractivity contribution in [3.63, 3.8) is 0 Å². The number of rotatable bonds is 4. The Hall–Kier alpha value is -1.12. The van der Waals surface area contributed by atoms with Crippen molar-refractivity contribution in [2.45, 2.75) is 0 Å². The summed E-state index contributed by atoms with van der Waals surface area (Å²) in [6.07, 6.45) is 0. The highest BCUT2D eigenvalue weighted by Gasteiger charge is 2.11. The van der Waals surface area contributed by atoms with Crippen molar-refractivity contribution in [2.24, 2.45) is 0 Å². The first-order chi connectivity index (χ1) is 6.49. The first kappa shape index (κ1) is 11.0. The summed E-state index contributed by atoms with van der Waals surface area (Å²) >= 11 is 0. The molecule has 0 aliphatic rings. The van der Waals surface area contributed by atoms with Crippen molar-refractivity contribution in [1.82, 2.24) is 0 Å². The van der Waals surface area contributed by atoms with E-state index in [0.717, 1.165) is 0 Å². The van der Waals surface area contributed by atoms with Crippen LogP contribution in [0.15, 0.2) is 30.3 Å². The Morgan fingerprint density at radius 3 is 2.21 bits per heavy atom. The molecule has 0 saturated heterocycles. The molecule has 0 atom stereocenters. The third kappa shape index (κ3) is 3.73. The van der Waals surface area contributed by atoms with Crippen molar-refractivity contribution in [3.8, 4) is 0 Å². The van der Waals surface area contributed by atoms with Crippen LogP contribution in [-0.2, 0) is 24.9 Å². The van der Waals surface area contributed by atoms with Gasteiger partial charge in [0.2, 0.25) is 0 Å². The van der Waals surface area contributed by atoms with E-state index in [1.807, 2.05) is 4.72 Å². The Bertz CT molecular complexity index is 456. The molecule has 0 aliphatic heterocycles. The third-order valence-corrected chi connectivity index (χ3v) is 2.93. The number of hydrogen-bond acceptors (Lipinski definition) is 5. The number of hydrogen-bond donors (Lipinski definition) is 2. The molecular formula is C6H7NO5S2. The Balaban J connectivity index is 2.79. The Kier molecular flexibility index (Phi) is 3.44. The van der Waals surface area contributed by atoms with Crippen LogP contribution in [0.25, 0.3) is 0 Å². The van der Waals surface area contributed by atoms with Gasteiger partial charge in [0.05, 0.1) is 5.69 Å². The summed E-state index contributed by atoms with van der Waals surface area (Å²) in [4.78, 5) is 0. The van der Waals surface area contributed by atoms with Gasteiger partial charge in [0, 0.05) is 0 Å². The van der Waals surface area contributed by atoms with Crippen molar-refractivity contribution in [2.75, 3.05) is 4.72 Å². The van der Waals surface area contributed by atoms with E-state index in [9.17, 15) is 16.8 Å². The van der Waals surface area contributed by atoms with Gasteiger partial charge in [0.15, 0.2) is 0 Å². The molecule has 0 radical (unpaired) electrons. The van der Waals surface area contributed by atoms with E-state index in [1.165, 1.54) is 12.1 Å². The lowest BCUT2D eigenvalue weighted by Crippen LogP contribution is -2.15. The minimum atomic E-state index is -4.28. The standard InChI is InChI=1S/C6H7NO5S2/c8-13(9)12-14(10,11)7-6-4-2-1-3-5-6/h1-5,7,13H. The molecule has 0 bridgehead atoms. The molecule has 1 aromatic carbocycles. The molecular weight excluding hydrogens is 230 g/mol. The van der Waals surface area contributed by atoms with E-state index in [4.69, 9.17) is 0 Å². The first-order valence-corrected chi connectivity index (χ1v) is 5.92. The predicted molar refractivity (Wildman–Crippen MR) is 50.4 cm³/mol. The zero-order valence-electron chi connectivity index (χ0n) is 6.78. The lowest BCUT2D eigenvalue weighted by molar-refractivity contribution is 0.482. The van der Waals surface area contributed by atoms with E-state index in [0.29, 0.717) is 0 Å². The van der Waals surface area contributed by atoms with Crippen molar-refractivity contribution < 1.29 is 20.5 Å². The second kappa shape index (κ2) is 4.40. The number of para-hydroxylation sites is 1. The molecule has 1 N–H and O–H groups in total. The van der Waals surface area contributed by atoms with Crippen molar-refractivity contribution in [1.29, 1.82) is 0 Å². The summed E-state index contributed by atoms with van der Waals surface area (Å²) in [5, 5.41) is 0. The molecule has 78 valence electrons. The molecule has 0 aromatic heterocycles. The Labute approximate surface area is 82.9 Å². The third-order valence-electron chi connectivity index (χ3n) is 1.18. The maximum atomic E-state index is 10.9. The number of anilines is 1. The summed E-state index contributed by atoms with van der Waals surface area (Å²) in [6.45, 7) is 0. The van der Waals surface area contributed by atoms with Crippen LogP contribution in [0.1, 0.15) is 0 Å². The molecule has 0 saturated carbocycles. The maximum Gasteiger partial charge on any atom is 0.374 e. The summed E-state index contributed by atoms with van der Waals surface area (Å²) < 4.78 is 47.4. The van der Waals surface area contributed by atoms with Gasteiger partial charge in [-0.3, -0.25) is 4.72 Å². The van der Waals surface area contributed by atoms with Gasteiger partial charge in [-0.05, 0) is 12.1 Å². The van der Waals surface area contributed by atoms with Gasteiger partial charge in [-0.2, -0.15) is 8.42 Å². The zero-order valence-corrected chi connectivity index (χ0v) is 8.49. The molecule has 0 spiro atoms. The molecule has 0 heterocycles. The van der Waals surface area contributed by atoms with Crippen LogP contribution in [0.4, 0.5) is 5.69 Å². The van der Waals surface area contributed by atoms with Crippen LogP contribution in [-0.4, -0.2) is 16.8 Å². The fourth-order valence-corrected chi connectivity index (χ4v) is 1.96. The number of thiol groups is 1. The van der Waals surface area contributed by atoms with Crippen LogP contribution in [0, 0.1) is 0 Å². The quantitative estimate of drug-likeness (QED) is 0.713. The predicted octanol–water partition coefficient (Wildman–Crippen LogP) is -0.114. The van der Waals surface area contributed by atoms with Crippen LogP contribution >= 0.6 is 0 Å². The minimum absolute atomic E-state index is 0.226. The molecule has 14 heavy (non-hydrogen) atoms. The average molecular weight is 237 g/mol. The van der Waals surface area contributed by atoms with Crippen LogP contribution in [0.3, 0.4) is 0 Å². The summed E-state index contributed by atoms with van der Waals surface area (Å²) in [6, 6.07) is 7.79. The zero-order chi connectivity index (χ0) is 10.6. The highest BCUT2D eigenvalue weighted by atomic mass is 32.3. The monoisotopic (exact) mass is 237 g/mol. The van der Waals surface area contributed by atoms with Crippen LogP contribution in [0.2, 0.25) is 0 Å². The fourth-order valence-electron chi connectivity index (χ4n) is 0.749. The SMILES string of the molecule is O=[SH](=O)OS(=O)(=O)Nc1ccccc1. The lowest BCUT2D eigenvalue weighted by atomic mass is 10.3. The molecule has 1 rings (SSSR count). The van der Waals surface area contributed by atoms with Gasteiger partial charge in [0.25, 0.3) is 11.0 Å². The van der Waals surface area contributed by atoms with E-state index >= 15 is 0 Å². The maximum absolute atomic E-state index is 10.9. The fraction of sp³-hybridized carbons (Fsp3) is 0. The van der Waals surface area contributed by atoms with Crippen LogP contribution < -0.4 is 4.72 Å². The molecule has 0 aliphatic carbocycles. The molecule has 0 fully saturated rings. The highest BCUT2D eigenvalue weighted by Crippen LogP contribution is 2.08. The summed E-state index contributed by atoms with van der Waals surface area (Å²) in [7, 11) is -7.72. The first-order valence-electron chi connectivity index (χ1n) is 3.41. The molecule has 6 nitrogen and oxygen atoms in total. The van der Waals surface area contributed by atoms with Gasteiger partial charge in [-0.15, -0.1) is 3.63 Å². The minimum Gasteiger partial charge on any atom is -0.260 e. The van der Waals surface area contributed by atoms with E-state index < -0.39 is 21.3 Å². The van der Waals surface area contributed by atoms with Gasteiger partial charge in [-0.25, -0.2) is 8.42 Å². The van der Waals surface area contributed by atoms with Crippen LogP contribution in [0.5, 0.6) is 0 Å². The van der Waals surface area contributed by atoms with E-state index in [2.05, 4.69) is 3.63 Å². The van der Waals surface area contributed by atoms with Gasteiger partial charge < -0.3 is 0 Å². The number of nitrogens with one attached hydrogen (secondary N) is 1. The second-order valence-corrected chi connectivity index (χ2v) is 4.38. The largest absolute Gasteiger partial charge is 0.374 e. The molecule has 8 heteroatoms. The van der Waals surface area contributed by atoms with Crippen molar-refractivity contribution >= 4 is 27.0 Å². The lowest BCUT2D eigenvalue weighted by Gasteiger charge is -2.02. The Morgan fingerprint density at radius 1 is 1.14 bits per heavy atom. The van der Waals surface area contributed by atoms with Gasteiger partial charge in [-0.1, -0.05) is 18.2 Å². The van der Waals surface area contributed by atoms with Gasteiger partial charge >= 0.3 is 10.3 Å². The summed E-state index contributed by atoms with van der Waals surface area (Å²) in [5.41, 5.74) is 0.226. The topological polar surface area (TPSA) is 89.5 Å². The summed E-state index contributed by atoms with van der Waals surface area (Å²) in [5.74, 6) is 0. The average Bonchev–Trinajstić information content (AvgIpc) is 2.02. The van der Waals surface area contributed by atoms with Gasteiger partial charge in [0.1, 0.15) is 0 Å². The highest BCUT2D eigenvalue weighted by molar-refractivity contribution is 7.94. The molecule has 0 unspecified atom stereocenters. The smallest absolute Gasteiger partial charge is 0.260 e. The van der Waals surface area contributed by atoms with Crippen molar-refractivity contribution in [3.05, 3.63) is 30.3 Å². The molecule has 0 amide bonds. The van der Waals surface area contributed by atoms with E-state index in [-0.39, 0.29) is 5.69 Å². The Morgan fingerprint density at radius 2 is 1.71 bits per heavy atom. The van der Waals surface area contributed by atoms with E-state index in [1.54, 1.807) is 18.2 Å². The second-order valence-electron chi connectivity index (χ2n) is 2.22.